The normalized spacial score (nSPS) is 26.8. The van der Waals surface area contributed by atoms with Gasteiger partial charge in [0.1, 0.15) is 40.9 Å². The van der Waals surface area contributed by atoms with Gasteiger partial charge in [0, 0.05) is 10.9 Å². The summed E-state index contributed by atoms with van der Waals surface area (Å²) in [6.07, 6.45) is -2.64. The maximum absolute atomic E-state index is 13.5. The lowest BCUT2D eigenvalue weighted by Crippen LogP contribution is -2.36. The fourth-order valence-electron chi connectivity index (χ4n) is 4.50. The van der Waals surface area contributed by atoms with Crippen LogP contribution in [0.15, 0.2) is 48.5 Å². The Morgan fingerprint density at radius 3 is 2.66 bits per heavy atom. The van der Waals surface area contributed by atoms with E-state index in [0.29, 0.717) is 11.2 Å². The van der Waals surface area contributed by atoms with Crippen molar-refractivity contribution in [2.24, 2.45) is 0 Å². The number of aromatic nitrogens is 4. The van der Waals surface area contributed by atoms with Crippen molar-refractivity contribution in [3.05, 3.63) is 54.3 Å². The second kappa shape index (κ2) is 7.01. The van der Waals surface area contributed by atoms with E-state index in [0.717, 1.165) is 22.0 Å². The maximum Gasteiger partial charge on any atom is 0.190 e. The molecule has 2 aromatic heterocycles. The molecule has 0 aliphatic carbocycles. The zero-order chi connectivity index (χ0) is 22.0. The van der Waals surface area contributed by atoms with E-state index < -0.39 is 30.4 Å². The molecular weight excluding hydrogens is 415 g/mol. The van der Waals surface area contributed by atoms with Gasteiger partial charge in [-0.1, -0.05) is 23.4 Å². The number of rotatable bonds is 3. The predicted octanol–water partition coefficient (Wildman–Crippen LogP) is 3.02. The molecule has 0 amide bonds. The van der Waals surface area contributed by atoms with Crippen molar-refractivity contribution >= 4 is 21.9 Å². The summed E-state index contributed by atoms with van der Waals surface area (Å²) in [4.78, 5) is 4.77. The fourth-order valence-corrected chi connectivity index (χ4v) is 4.50. The van der Waals surface area contributed by atoms with Crippen molar-refractivity contribution in [1.82, 2.24) is 20.0 Å². The molecule has 2 fully saturated rings. The number of pyridine rings is 1. The Kier molecular flexibility index (Phi) is 4.31. The van der Waals surface area contributed by atoms with Gasteiger partial charge in [0.2, 0.25) is 0 Å². The van der Waals surface area contributed by atoms with Crippen molar-refractivity contribution in [1.29, 1.82) is 0 Å². The van der Waals surface area contributed by atoms with E-state index >= 15 is 0 Å². The SMILES string of the molecule is CC1(C)O[C@H]2O[C@H](Cn3nnc4c(-c5ccc(F)cc5)nc5ccccc5c43)[C@H](O)[C@H]2O1. The highest BCUT2D eigenvalue weighted by Gasteiger charge is 2.54. The zero-order valence-electron chi connectivity index (χ0n) is 17.5. The number of halogens is 1. The molecule has 4 heterocycles. The third-order valence-corrected chi connectivity index (χ3v) is 5.94. The van der Waals surface area contributed by atoms with Gasteiger partial charge in [-0.15, -0.1) is 5.10 Å². The van der Waals surface area contributed by atoms with Crippen molar-refractivity contribution in [2.45, 2.75) is 50.8 Å². The van der Waals surface area contributed by atoms with Crippen LogP contribution in [-0.4, -0.2) is 55.5 Å². The van der Waals surface area contributed by atoms with Crippen molar-refractivity contribution in [3.63, 3.8) is 0 Å². The summed E-state index contributed by atoms with van der Waals surface area (Å²) in [5.41, 5.74) is 3.48. The van der Waals surface area contributed by atoms with E-state index in [1.54, 1.807) is 30.7 Å². The fraction of sp³-hybridized carbons (Fsp3) is 0.348. The minimum Gasteiger partial charge on any atom is -0.387 e. The molecule has 1 N–H and O–H groups in total. The van der Waals surface area contributed by atoms with Gasteiger partial charge in [-0.05, 0) is 44.2 Å². The molecule has 0 radical (unpaired) electrons. The molecule has 4 aromatic rings. The Hall–Kier alpha value is -2.98. The largest absolute Gasteiger partial charge is 0.387 e. The first kappa shape index (κ1) is 19.7. The van der Waals surface area contributed by atoms with Crippen LogP contribution >= 0.6 is 0 Å². The van der Waals surface area contributed by atoms with Crippen LogP contribution in [0.5, 0.6) is 0 Å². The number of fused-ring (bicyclic) bond motifs is 4. The topological polar surface area (TPSA) is 91.5 Å². The number of hydrogen-bond donors (Lipinski definition) is 1. The van der Waals surface area contributed by atoms with Gasteiger partial charge in [-0.3, -0.25) is 0 Å². The smallest absolute Gasteiger partial charge is 0.190 e. The van der Waals surface area contributed by atoms with E-state index in [1.165, 1.54) is 12.1 Å². The molecule has 0 bridgehead atoms. The molecule has 4 atom stereocenters. The number of aliphatic hydroxyl groups excluding tert-OH is 1. The minimum absolute atomic E-state index is 0.259. The van der Waals surface area contributed by atoms with Crippen LogP contribution in [0.2, 0.25) is 0 Å². The number of para-hydroxylation sites is 1. The van der Waals surface area contributed by atoms with E-state index in [9.17, 15) is 9.50 Å². The van der Waals surface area contributed by atoms with Gasteiger partial charge in [-0.2, -0.15) is 0 Å². The third kappa shape index (κ3) is 3.08. The summed E-state index contributed by atoms with van der Waals surface area (Å²) in [6, 6.07) is 13.8. The van der Waals surface area contributed by atoms with Crippen LogP contribution in [0, 0.1) is 5.82 Å². The lowest BCUT2D eigenvalue weighted by Gasteiger charge is -2.23. The summed E-state index contributed by atoms with van der Waals surface area (Å²) in [5, 5.41) is 20.4. The average Bonchev–Trinajstić information content (AvgIpc) is 3.41. The third-order valence-electron chi connectivity index (χ3n) is 5.94. The molecule has 6 rings (SSSR count). The van der Waals surface area contributed by atoms with Gasteiger partial charge in [-0.25, -0.2) is 14.1 Å². The molecular formula is C23H21FN4O4. The standard InChI is InChI=1S/C23H21FN4O4/c1-23(2)31-21-20(29)16(30-22(21)32-23)11-28-19-14-5-3-4-6-15(14)25-17(18(19)26-27-28)12-7-9-13(24)10-8-12/h3-10,16,20-22,29H,11H2,1-2H3/t16-,20+,21-,22-/m1/s1. The Labute approximate surface area is 182 Å². The molecule has 32 heavy (non-hydrogen) atoms. The quantitative estimate of drug-likeness (QED) is 0.528. The number of nitrogens with zero attached hydrogens (tertiary/aromatic N) is 4. The van der Waals surface area contributed by atoms with Gasteiger partial charge in [0.25, 0.3) is 0 Å². The van der Waals surface area contributed by atoms with Crippen LogP contribution < -0.4 is 0 Å². The van der Waals surface area contributed by atoms with E-state index in [2.05, 4.69) is 10.3 Å². The van der Waals surface area contributed by atoms with Crippen LogP contribution in [0.4, 0.5) is 4.39 Å². The molecule has 0 saturated carbocycles. The van der Waals surface area contributed by atoms with Crippen LogP contribution in [0.3, 0.4) is 0 Å². The average molecular weight is 436 g/mol. The first-order valence-electron chi connectivity index (χ1n) is 10.5. The minimum atomic E-state index is -0.870. The van der Waals surface area contributed by atoms with E-state index in [1.807, 2.05) is 24.3 Å². The molecule has 2 aromatic carbocycles. The summed E-state index contributed by atoms with van der Waals surface area (Å²) in [7, 11) is 0. The first-order valence-corrected chi connectivity index (χ1v) is 10.5. The highest BCUT2D eigenvalue weighted by Crippen LogP contribution is 2.38. The molecule has 2 aliphatic heterocycles. The molecule has 2 saturated heterocycles. The molecule has 2 aliphatic rings. The summed E-state index contributed by atoms with van der Waals surface area (Å²) >= 11 is 0. The van der Waals surface area contributed by atoms with Crippen LogP contribution in [-0.2, 0) is 20.8 Å². The molecule has 0 unspecified atom stereocenters. The van der Waals surface area contributed by atoms with Gasteiger partial charge in [0.05, 0.1) is 12.1 Å². The van der Waals surface area contributed by atoms with Gasteiger partial charge < -0.3 is 19.3 Å². The summed E-state index contributed by atoms with van der Waals surface area (Å²) in [6.45, 7) is 3.84. The second-order valence-corrected chi connectivity index (χ2v) is 8.59. The highest BCUT2D eigenvalue weighted by molar-refractivity contribution is 6.07. The summed E-state index contributed by atoms with van der Waals surface area (Å²) in [5.74, 6) is -1.12. The highest BCUT2D eigenvalue weighted by atomic mass is 19.1. The molecule has 9 heteroatoms. The van der Waals surface area contributed by atoms with Gasteiger partial charge >= 0.3 is 0 Å². The van der Waals surface area contributed by atoms with Crippen LogP contribution in [0.1, 0.15) is 13.8 Å². The van der Waals surface area contributed by atoms with Crippen molar-refractivity contribution < 1.29 is 23.7 Å². The monoisotopic (exact) mass is 436 g/mol. The molecule has 0 spiro atoms. The molecule has 8 nitrogen and oxygen atoms in total. The predicted molar refractivity (Wildman–Crippen MR) is 113 cm³/mol. The second-order valence-electron chi connectivity index (χ2n) is 8.59. The molecule has 164 valence electrons. The Morgan fingerprint density at radius 1 is 1.09 bits per heavy atom. The van der Waals surface area contributed by atoms with E-state index in [-0.39, 0.29) is 12.4 Å². The maximum atomic E-state index is 13.5. The first-order chi connectivity index (χ1) is 15.4. The van der Waals surface area contributed by atoms with Crippen molar-refractivity contribution in [2.75, 3.05) is 0 Å². The number of ether oxygens (including phenoxy) is 3. The van der Waals surface area contributed by atoms with E-state index in [4.69, 9.17) is 19.2 Å². The Morgan fingerprint density at radius 2 is 1.88 bits per heavy atom. The lowest BCUT2D eigenvalue weighted by molar-refractivity contribution is -0.216. The van der Waals surface area contributed by atoms with Gasteiger partial charge in [0.15, 0.2) is 12.1 Å². The zero-order valence-corrected chi connectivity index (χ0v) is 17.5. The summed E-state index contributed by atoms with van der Waals surface area (Å²) < 4.78 is 32.7. The Bertz CT molecular complexity index is 1320. The Balaban J connectivity index is 1.43. The van der Waals surface area contributed by atoms with Crippen LogP contribution in [0.25, 0.3) is 33.2 Å². The van der Waals surface area contributed by atoms with Crippen molar-refractivity contribution in [3.8, 4) is 11.3 Å². The lowest BCUT2D eigenvalue weighted by atomic mass is 10.1. The number of hydrogen-bond acceptors (Lipinski definition) is 7. The number of benzene rings is 2. The number of aliphatic hydroxyl groups is 1.